The number of anilines is 1. The normalized spacial score (nSPS) is 11.3. The Kier molecular flexibility index (Phi) is 5.94. The van der Waals surface area contributed by atoms with Gasteiger partial charge in [0.25, 0.3) is 5.91 Å². The number of hydrogen-bond donors (Lipinski definition) is 1. The van der Waals surface area contributed by atoms with E-state index in [9.17, 15) is 9.59 Å². The van der Waals surface area contributed by atoms with Crippen molar-refractivity contribution in [1.82, 2.24) is 0 Å². The average Bonchev–Trinajstić information content (AvgIpc) is 2.35. The number of esters is 1. The average molecular weight is 291 g/mol. The van der Waals surface area contributed by atoms with Crippen molar-refractivity contribution in [2.75, 3.05) is 11.9 Å². The highest BCUT2D eigenvalue weighted by Crippen LogP contribution is 2.19. The molecule has 4 heteroatoms. The minimum atomic E-state index is -0.354. The van der Waals surface area contributed by atoms with Crippen LogP contribution < -0.4 is 5.32 Å². The van der Waals surface area contributed by atoms with Gasteiger partial charge in [-0.05, 0) is 29.0 Å². The summed E-state index contributed by atoms with van der Waals surface area (Å²) < 4.78 is 4.96. The van der Waals surface area contributed by atoms with E-state index in [2.05, 4.69) is 19.2 Å². The lowest BCUT2D eigenvalue weighted by atomic mass is 9.92. The Morgan fingerprint density at radius 1 is 1.14 bits per heavy atom. The molecule has 4 nitrogen and oxygen atoms in total. The van der Waals surface area contributed by atoms with Crippen molar-refractivity contribution >= 4 is 17.6 Å². The highest BCUT2D eigenvalue weighted by Gasteiger charge is 2.17. The summed E-state index contributed by atoms with van der Waals surface area (Å²) in [5.74, 6) is -0.226. The van der Waals surface area contributed by atoms with Crippen LogP contribution in [0.5, 0.6) is 0 Å². The third kappa shape index (κ3) is 6.93. The van der Waals surface area contributed by atoms with Gasteiger partial charge in [0.15, 0.2) is 6.61 Å². The molecule has 1 N–H and O–H groups in total. The van der Waals surface area contributed by atoms with E-state index in [1.165, 1.54) is 5.56 Å². The molecule has 0 atom stereocenters. The fourth-order valence-corrected chi connectivity index (χ4v) is 1.78. The summed E-state index contributed by atoms with van der Waals surface area (Å²) in [6.45, 7) is 9.82. The van der Waals surface area contributed by atoms with Crippen LogP contribution in [0.4, 0.5) is 5.69 Å². The molecule has 0 spiro atoms. The number of amides is 1. The largest absolute Gasteiger partial charge is 0.456 e. The van der Waals surface area contributed by atoms with Crippen molar-refractivity contribution < 1.29 is 14.3 Å². The summed E-state index contributed by atoms with van der Waals surface area (Å²) in [5, 5.41) is 2.71. The molecule has 21 heavy (non-hydrogen) atoms. The second-order valence-corrected chi connectivity index (χ2v) is 6.72. The molecule has 0 aromatic heterocycles. The number of nitrogens with one attached hydrogen (secondary N) is 1. The van der Waals surface area contributed by atoms with E-state index in [4.69, 9.17) is 4.74 Å². The van der Waals surface area contributed by atoms with Crippen LogP contribution in [-0.2, 0) is 14.3 Å². The molecule has 1 aromatic carbocycles. The summed E-state index contributed by atoms with van der Waals surface area (Å²) in [5.41, 5.74) is 1.78. The molecule has 0 fully saturated rings. The molecule has 0 radical (unpaired) electrons. The van der Waals surface area contributed by atoms with Crippen molar-refractivity contribution in [2.45, 2.75) is 47.0 Å². The van der Waals surface area contributed by atoms with Crippen molar-refractivity contribution in [3.63, 3.8) is 0 Å². The third-order valence-electron chi connectivity index (χ3n) is 2.90. The molecule has 0 saturated heterocycles. The quantitative estimate of drug-likeness (QED) is 0.841. The summed E-state index contributed by atoms with van der Waals surface area (Å²) >= 11 is 0. The fourth-order valence-electron chi connectivity index (χ4n) is 1.78. The van der Waals surface area contributed by atoms with E-state index < -0.39 is 0 Å². The summed E-state index contributed by atoms with van der Waals surface area (Å²) in [6, 6.07) is 7.66. The molecular formula is C17H25NO3. The van der Waals surface area contributed by atoms with Crippen LogP contribution in [0, 0.1) is 5.41 Å². The maximum atomic E-state index is 11.7. The Hall–Kier alpha value is -1.84. The number of hydrogen-bond acceptors (Lipinski definition) is 3. The summed E-state index contributed by atoms with van der Waals surface area (Å²) in [6.07, 6.45) is 0.295. The molecule has 0 bridgehead atoms. The molecule has 0 heterocycles. The summed E-state index contributed by atoms with van der Waals surface area (Å²) in [4.78, 5) is 23.2. The molecule has 0 aliphatic rings. The van der Waals surface area contributed by atoms with Gasteiger partial charge in [0, 0.05) is 5.69 Å². The number of benzene rings is 1. The number of rotatable bonds is 5. The van der Waals surface area contributed by atoms with Gasteiger partial charge in [0.1, 0.15) is 0 Å². The van der Waals surface area contributed by atoms with Gasteiger partial charge in [-0.25, -0.2) is 0 Å². The van der Waals surface area contributed by atoms with Gasteiger partial charge in [-0.15, -0.1) is 0 Å². The van der Waals surface area contributed by atoms with E-state index >= 15 is 0 Å². The van der Waals surface area contributed by atoms with Gasteiger partial charge in [-0.1, -0.05) is 46.8 Å². The van der Waals surface area contributed by atoms with Gasteiger partial charge < -0.3 is 10.1 Å². The first-order valence-electron chi connectivity index (χ1n) is 7.23. The monoisotopic (exact) mass is 291 g/mol. The topological polar surface area (TPSA) is 55.4 Å². The molecule has 1 amide bonds. The fraction of sp³-hybridized carbons (Fsp3) is 0.529. The zero-order valence-corrected chi connectivity index (χ0v) is 13.5. The van der Waals surface area contributed by atoms with Crippen LogP contribution in [0.3, 0.4) is 0 Å². The van der Waals surface area contributed by atoms with E-state index in [1.54, 1.807) is 0 Å². The minimum absolute atomic E-state index is 0.139. The number of carbonyl (C=O) groups is 2. The number of carbonyl (C=O) groups excluding carboxylic acids is 2. The van der Waals surface area contributed by atoms with Crippen LogP contribution in [0.2, 0.25) is 0 Å². The standard InChI is InChI=1S/C17H25NO3/c1-12(2)13-6-8-14(9-7-13)18-15(19)11-21-16(20)10-17(3,4)5/h6-9,12H,10-11H2,1-5H3,(H,18,19). The van der Waals surface area contributed by atoms with Crippen LogP contribution >= 0.6 is 0 Å². The smallest absolute Gasteiger partial charge is 0.306 e. The Morgan fingerprint density at radius 3 is 2.19 bits per heavy atom. The van der Waals surface area contributed by atoms with Crippen LogP contribution in [0.15, 0.2) is 24.3 Å². The van der Waals surface area contributed by atoms with Crippen LogP contribution in [-0.4, -0.2) is 18.5 Å². The van der Waals surface area contributed by atoms with Crippen molar-refractivity contribution in [3.05, 3.63) is 29.8 Å². The van der Waals surface area contributed by atoms with Crippen LogP contribution in [0.1, 0.15) is 52.5 Å². The molecular weight excluding hydrogens is 266 g/mol. The van der Waals surface area contributed by atoms with Crippen molar-refractivity contribution in [3.8, 4) is 0 Å². The van der Waals surface area contributed by atoms with Gasteiger partial charge in [0.2, 0.25) is 0 Å². The number of ether oxygens (including phenoxy) is 1. The van der Waals surface area contributed by atoms with Crippen molar-refractivity contribution in [1.29, 1.82) is 0 Å². The molecule has 0 aliphatic carbocycles. The maximum Gasteiger partial charge on any atom is 0.306 e. The van der Waals surface area contributed by atoms with E-state index in [-0.39, 0.29) is 23.9 Å². The van der Waals surface area contributed by atoms with E-state index in [0.29, 0.717) is 18.0 Å². The molecule has 0 saturated carbocycles. The minimum Gasteiger partial charge on any atom is -0.456 e. The molecule has 0 aliphatic heterocycles. The predicted octanol–water partition coefficient (Wildman–Crippen LogP) is 3.73. The zero-order valence-electron chi connectivity index (χ0n) is 13.5. The molecule has 0 unspecified atom stereocenters. The second-order valence-electron chi connectivity index (χ2n) is 6.72. The van der Waals surface area contributed by atoms with E-state index in [0.717, 1.165) is 0 Å². The Morgan fingerprint density at radius 2 is 1.71 bits per heavy atom. The Labute approximate surface area is 126 Å². The van der Waals surface area contributed by atoms with Gasteiger partial charge in [0.05, 0.1) is 6.42 Å². The van der Waals surface area contributed by atoms with Gasteiger partial charge >= 0.3 is 5.97 Å². The highest BCUT2D eigenvalue weighted by molar-refractivity contribution is 5.92. The van der Waals surface area contributed by atoms with E-state index in [1.807, 2.05) is 45.0 Å². The molecule has 1 rings (SSSR count). The molecule has 116 valence electrons. The third-order valence-corrected chi connectivity index (χ3v) is 2.90. The lowest BCUT2D eigenvalue weighted by Gasteiger charge is -2.16. The van der Waals surface area contributed by atoms with Gasteiger partial charge in [-0.3, -0.25) is 9.59 Å². The predicted molar refractivity (Wildman–Crippen MR) is 84.2 cm³/mol. The lowest BCUT2D eigenvalue weighted by molar-refractivity contribution is -0.149. The lowest BCUT2D eigenvalue weighted by Crippen LogP contribution is -2.23. The summed E-state index contributed by atoms with van der Waals surface area (Å²) in [7, 11) is 0. The van der Waals surface area contributed by atoms with Crippen LogP contribution in [0.25, 0.3) is 0 Å². The molecule has 1 aromatic rings. The second kappa shape index (κ2) is 7.25. The Balaban J connectivity index is 2.42. The Bertz CT molecular complexity index is 484. The van der Waals surface area contributed by atoms with Crippen molar-refractivity contribution in [2.24, 2.45) is 5.41 Å². The first-order chi connectivity index (χ1) is 9.67. The first-order valence-corrected chi connectivity index (χ1v) is 7.23. The maximum absolute atomic E-state index is 11.7. The highest BCUT2D eigenvalue weighted by atomic mass is 16.5. The SMILES string of the molecule is CC(C)c1ccc(NC(=O)COC(=O)CC(C)(C)C)cc1. The van der Waals surface area contributed by atoms with Gasteiger partial charge in [-0.2, -0.15) is 0 Å². The first kappa shape index (κ1) is 17.2. The zero-order chi connectivity index (χ0) is 16.0.